The van der Waals surface area contributed by atoms with Crippen molar-refractivity contribution in [2.45, 2.75) is 53.1 Å². The zero-order chi connectivity index (χ0) is 23.7. The van der Waals surface area contributed by atoms with Crippen LogP contribution in [0.15, 0.2) is 39.9 Å². The number of aromatic nitrogens is 3. The van der Waals surface area contributed by atoms with E-state index in [9.17, 15) is 18.8 Å². The maximum atomic E-state index is 13.6. The van der Waals surface area contributed by atoms with Crippen LogP contribution in [0, 0.1) is 11.7 Å². The Balaban J connectivity index is 2.22. The quantitative estimate of drug-likeness (QED) is 0.631. The minimum absolute atomic E-state index is 0.0207. The van der Waals surface area contributed by atoms with Gasteiger partial charge in [0.2, 0.25) is 0 Å². The molecule has 0 bridgehead atoms. The number of nitrogens with zero attached hydrogens (tertiary/aromatic N) is 3. The van der Waals surface area contributed by atoms with Crippen molar-refractivity contribution in [3.63, 3.8) is 0 Å². The molecule has 1 aromatic carbocycles. The Morgan fingerprint density at radius 1 is 1.12 bits per heavy atom. The standard InChI is InChI=1S/C24H29FN4O3/c1-13(2)12-29-21-20(22(30)27-24(29)32)18(11-19(26-21)14(3)4)23(31)28(6)15(5)16-7-9-17(25)10-8-16/h7-11,13-15H,12H2,1-6H3,(H,27,30,32). The van der Waals surface area contributed by atoms with Crippen LogP contribution < -0.4 is 11.2 Å². The van der Waals surface area contributed by atoms with Gasteiger partial charge in [-0.2, -0.15) is 0 Å². The molecule has 1 atom stereocenters. The van der Waals surface area contributed by atoms with Crippen LogP contribution in [-0.4, -0.2) is 32.4 Å². The first-order valence-electron chi connectivity index (χ1n) is 10.7. The van der Waals surface area contributed by atoms with Crippen molar-refractivity contribution < 1.29 is 9.18 Å². The average Bonchev–Trinajstić information content (AvgIpc) is 2.74. The van der Waals surface area contributed by atoms with Crippen molar-refractivity contribution in [1.82, 2.24) is 19.4 Å². The Kier molecular flexibility index (Phi) is 6.62. The molecule has 0 aliphatic carbocycles. The first-order chi connectivity index (χ1) is 15.0. The third kappa shape index (κ3) is 4.49. The van der Waals surface area contributed by atoms with E-state index in [-0.39, 0.29) is 46.2 Å². The van der Waals surface area contributed by atoms with Crippen LogP contribution in [0.3, 0.4) is 0 Å². The molecule has 7 nitrogen and oxygen atoms in total. The molecule has 0 saturated carbocycles. The third-order valence-corrected chi connectivity index (χ3v) is 5.59. The minimum atomic E-state index is -0.640. The highest BCUT2D eigenvalue weighted by atomic mass is 19.1. The van der Waals surface area contributed by atoms with Crippen LogP contribution in [0.5, 0.6) is 0 Å². The van der Waals surface area contributed by atoms with E-state index in [1.54, 1.807) is 25.2 Å². The van der Waals surface area contributed by atoms with E-state index >= 15 is 0 Å². The second kappa shape index (κ2) is 9.06. The molecule has 0 aliphatic rings. The van der Waals surface area contributed by atoms with Gasteiger partial charge in [-0.1, -0.05) is 39.8 Å². The molecule has 1 amide bonds. The molecular weight excluding hydrogens is 411 g/mol. The Labute approximate surface area is 185 Å². The molecule has 0 spiro atoms. The molecule has 8 heteroatoms. The van der Waals surface area contributed by atoms with E-state index in [4.69, 9.17) is 0 Å². The molecule has 0 aliphatic heterocycles. The van der Waals surface area contributed by atoms with Crippen molar-refractivity contribution in [1.29, 1.82) is 0 Å². The second-order valence-corrected chi connectivity index (χ2v) is 8.86. The minimum Gasteiger partial charge on any atom is -0.335 e. The number of nitrogens with one attached hydrogen (secondary N) is 1. The van der Waals surface area contributed by atoms with Crippen molar-refractivity contribution in [2.24, 2.45) is 5.92 Å². The van der Waals surface area contributed by atoms with E-state index in [1.807, 2.05) is 34.6 Å². The summed E-state index contributed by atoms with van der Waals surface area (Å²) >= 11 is 0. The summed E-state index contributed by atoms with van der Waals surface area (Å²) in [4.78, 5) is 47.4. The summed E-state index contributed by atoms with van der Waals surface area (Å²) in [5, 5.41) is 0.0952. The van der Waals surface area contributed by atoms with Crippen molar-refractivity contribution in [3.8, 4) is 0 Å². The Hall–Kier alpha value is -3.29. The number of carbonyl (C=O) groups is 1. The first-order valence-corrected chi connectivity index (χ1v) is 10.7. The van der Waals surface area contributed by atoms with Crippen molar-refractivity contribution >= 4 is 16.9 Å². The van der Waals surface area contributed by atoms with Crippen LogP contribution in [0.4, 0.5) is 4.39 Å². The Morgan fingerprint density at radius 3 is 2.31 bits per heavy atom. The van der Waals surface area contributed by atoms with Gasteiger partial charge in [0.1, 0.15) is 5.82 Å². The van der Waals surface area contributed by atoms with Crippen LogP contribution in [0.25, 0.3) is 11.0 Å². The number of hydrogen-bond donors (Lipinski definition) is 1. The molecule has 0 saturated heterocycles. The molecule has 3 rings (SSSR count). The topological polar surface area (TPSA) is 88.1 Å². The molecular formula is C24H29FN4O3. The van der Waals surface area contributed by atoms with Gasteiger partial charge in [-0.05, 0) is 42.5 Å². The summed E-state index contributed by atoms with van der Waals surface area (Å²) < 4.78 is 14.7. The molecule has 32 heavy (non-hydrogen) atoms. The maximum Gasteiger partial charge on any atom is 0.330 e. The molecule has 170 valence electrons. The number of aromatic amines is 1. The molecule has 0 radical (unpaired) electrons. The Bertz CT molecular complexity index is 1260. The van der Waals surface area contributed by atoms with E-state index in [1.165, 1.54) is 21.6 Å². The lowest BCUT2D eigenvalue weighted by Crippen LogP contribution is -2.35. The fourth-order valence-electron chi connectivity index (χ4n) is 3.62. The number of halogens is 1. The molecule has 1 unspecified atom stereocenters. The highest BCUT2D eigenvalue weighted by Gasteiger charge is 2.25. The van der Waals surface area contributed by atoms with Crippen molar-refractivity contribution in [3.05, 3.63) is 73.8 Å². The number of rotatable bonds is 6. The number of fused-ring (bicyclic) bond motifs is 1. The molecule has 0 fully saturated rings. The number of carbonyl (C=O) groups excluding carboxylic acids is 1. The molecule has 1 N–H and O–H groups in total. The van der Waals surface area contributed by atoms with Gasteiger partial charge in [0.05, 0.1) is 17.0 Å². The van der Waals surface area contributed by atoms with Gasteiger partial charge >= 0.3 is 5.69 Å². The van der Waals surface area contributed by atoms with Gasteiger partial charge in [-0.3, -0.25) is 19.1 Å². The summed E-state index contributed by atoms with van der Waals surface area (Å²) in [6.45, 7) is 9.98. The van der Waals surface area contributed by atoms with E-state index in [0.717, 1.165) is 5.56 Å². The predicted octanol–water partition coefficient (Wildman–Crippen LogP) is 3.84. The fraction of sp³-hybridized carbons (Fsp3) is 0.417. The smallest absolute Gasteiger partial charge is 0.330 e. The summed E-state index contributed by atoms with van der Waals surface area (Å²) in [6.07, 6.45) is 0. The maximum absolute atomic E-state index is 13.6. The van der Waals surface area contributed by atoms with Gasteiger partial charge in [-0.25, -0.2) is 14.2 Å². The zero-order valence-corrected chi connectivity index (χ0v) is 19.3. The predicted molar refractivity (Wildman–Crippen MR) is 122 cm³/mol. The number of H-pyrrole nitrogens is 1. The zero-order valence-electron chi connectivity index (χ0n) is 19.3. The van der Waals surface area contributed by atoms with Gasteiger partial charge in [0.25, 0.3) is 11.5 Å². The van der Waals surface area contributed by atoms with Gasteiger partial charge in [-0.15, -0.1) is 0 Å². The van der Waals surface area contributed by atoms with Gasteiger partial charge < -0.3 is 4.90 Å². The van der Waals surface area contributed by atoms with E-state index < -0.39 is 11.2 Å². The number of hydrogen-bond acceptors (Lipinski definition) is 4. The largest absolute Gasteiger partial charge is 0.335 e. The van der Waals surface area contributed by atoms with E-state index in [0.29, 0.717) is 12.2 Å². The summed E-state index contributed by atoms with van der Waals surface area (Å²) in [5.74, 6) is -0.623. The second-order valence-electron chi connectivity index (χ2n) is 8.86. The lowest BCUT2D eigenvalue weighted by Gasteiger charge is -2.26. The number of amides is 1. The van der Waals surface area contributed by atoms with Crippen LogP contribution in [0.1, 0.15) is 68.2 Å². The molecule has 2 aromatic heterocycles. The highest BCUT2D eigenvalue weighted by molar-refractivity contribution is 6.05. The van der Waals surface area contributed by atoms with Gasteiger partial charge in [0, 0.05) is 19.3 Å². The lowest BCUT2D eigenvalue weighted by molar-refractivity contribution is 0.0744. The SMILES string of the molecule is CC(C)Cn1c(=O)[nH]c(=O)c2c(C(=O)N(C)C(C)c3ccc(F)cc3)cc(C(C)C)nc21. The van der Waals surface area contributed by atoms with Crippen LogP contribution >= 0.6 is 0 Å². The first kappa shape index (κ1) is 23.4. The fourth-order valence-corrected chi connectivity index (χ4v) is 3.62. The van der Waals surface area contributed by atoms with E-state index in [2.05, 4.69) is 9.97 Å². The monoisotopic (exact) mass is 440 g/mol. The summed E-state index contributed by atoms with van der Waals surface area (Å²) in [6, 6.07) is 7.20. The highest BCUT2D eigenvalue weighted by Crippen LogP contribution is 2.25. The normalized spacial score (nSPS) is 12.5. The van der Waals surface area contributed by atoms with Crippen molar-refractivity contribution in [2.75, 3.05) is 7.05 Å². The van der Waals surface area contributed by atoms with Crippen LogP contribution in [-0.2, 0) is 6.54 Å². The van der Waals surface area contributed by atoms with Gasteiger partial charge in [0.15, 0.2) is 5.65 Å². The summed E-state index contributed by atoms with van der Waals surface area (Å²) in [7, 11) is 1.63. The number of pyridine rings is 1. The third-order valence-electron chi connectivity index (χ3n) is 5.59. The average molecular weight is 441 g/mol. The molecule has 2 heterocycles. The Morgan fingerprint density at radius 2 is 1.75 bits per heavy atom. The lowest BCUT2D eigenvalue weighted by atomic mass is 10.0. The summed E-state index contributed by atoms with van der Waals surface area (Å²) in [5.41, 5.74) is 0.593. The van der Waals surface area contributed by atoms with Crippen LogP contribution in [0.2, 0.25) is 0 Å². The number of benzene rings is 1. The molecule has 3 aromatic rings.